The minimum atomic E-state index is -0.345. The van der Waals surface area contributed by atoms with E-state index < -0.39 is 0 Å². The van der Waals surface area contributed by atoms with Gasteiger partial charge in [-0.3, -0.25) is 4.79 Å². The summed E-state index contributed by atoms with van der Waals surface area (Å²) in [5.74, 6) is 0.347. The van der Waals surface area contributed by atoms with Gasteiger partial charge in [0, 0.05) is 12.3 Å². The molecule has 1 N–H and O–H groups in total. The Labute approximate surface area is 62.2 Å². The van der Waals surface area contributed by atoms with Crippen LogP contribution in [0.2, 0.25) is 0 Å². The van der Waals surface area contributed by atoms with Gasteiger partial charge in [0.2, 0.25) is 0 Å². The molecule has 0 unspecified atom stereocenters. The number of aliphatic hydroxyl groups is 1. The Hall–Kier alpha value is -0.370. The monoisotopic (exact) mass is 144 g/mol. The minimum Gasteiger partial charge on any atom is -0.393 e. The van der Waals surface area contributed by atoms with Crippen LogP contribution < -0.4 is 0 Å². The first-order valence-electron chi connectivity index (χ1n) is 3.74. The molecule has 0 aliphatic heterocycles. The maximum Gasteiger partial charge on any atom is 0.135 e. The van der Waals surface area contributed by atoms with Gasteiger partial charge in [0.25, 0.3) is 0 Å². The summed E-state index contributed by atoms with van der Waals surface area (Å²) in [6.07, 6.45) is 0.759. The largest absolute Gasteiger partial charge is 0.393 e. The molecule has 60 valence electrons. The van der Waals surface area contributed by atoms with Crippen molar-refractivity contribution in [3.8, 4) is 0 Å². The van der Waals surface area contributed by atoms with E-state index in [1.807, 2.05) is 13.8 Å². The zero-order chi connectivity index (χ0) is 8.15. The van der Waals surface area contributed by atoms with E-state index in [1.165, 1.54) is 0 Å². The van der Waals surface area contributed by atoms with Gasteiger partial charge in [-0.1, -0.05) is 13.8 Å². The average Bonchev–Trinajstić information content (AvgIpc) is 1.82. The molecule has 1 atom stereocenters. The second-order valence-electron chi connectivity index (χ2n) is 3.01. The standard InChI is InChI=1S/C8H16O2/c1-6(2)8(10)5-4-7(3)9/h6-7,9H,4-5H2,1-3H3/t7-/m0/s1. The molecule has 0 spiro atoms. The lowest BCUT2D eigenvalue weighted by molar-refractivity contribution is -0.122. The minimum absolute atomic E-state index is 0.110. The number of ketones is 1. The molecule has 0 amide bonds. The van der Waals surface area contributed by atoms with Crippen LogP contribution in [0.1, 0.15) is 33.6 Å². The topological polar surface area (TPSA) is 37.3 Å². The highest BCUT2D eigenvalue weighted by Crippen LogP contribution is 2.03. The number of Topliss-reactive ketones (excluding diaryl/α,β-unsaturated/α-hetero) is 1. The number of hydrogen-bond acceptors (Lipinski definition) is 2. The van der Waals surface area contributed by atoms with E-state index >= 15 is 0 Å². The normalized spacial score (nSPS) is 13.7. The lowest BCUT2D eigenvalue weighted by Gasteiger charge is -2.04. The molecule has 10 heavy (non-hydrogen) atoms. The van der Waals surface area contributed by atoms with Gasteiger partial charge in [-0.05, 0) is 13.3 Å². The number of carbonyl (C=O) groups is 1. The molecule has 0 saturated heterocycles. The Morgan fingerprint density at radius 1 is 1.40 bits per heavy atom. The third-order valence-electron chi connectivity index (χ3n) is 1.45. The van der Waals surface area contributed by atoms with Crippen molar-refractivity contribution < 1.29 is 9.90 Å². The highest BCUT2D eigenvalue weighted by Gasteiger charge is 2.07. The average molecular weight is 144 g/mol. The maximum absolute atomic E-state index is 10.9. The summed E-state index contributed by atoms with van der Waals surface area (Å²) >= 11 is 0. The predicted molar refractivity (Wildman–Crippen MR) is 40.8 cm³/mol. The molecule has 0 bridgehead atoms. The van der Waals surface area contributed by atoms with Gasteiger partial charge in [0.1, 0.15) is 5.78 Å². The molecule has 2 nitrogen and oxygen atoms in total. The molecular weight excluding hydrogens is 128 g/mol. The van der Waals surface area contributed by atoms with Crippen molar-refractivity contribution in [3.05, 3.63) is 0 Å². The Morgan fingerprint density at radius 3 is 2.20 bits per heavy atom. The van der Waals surface area contributed by atoms with Crippen LogP contribution in [0.4, 0.5) is 0 Å². The van der Waals surface area contributed by atoms with Crippen molar-refractivity contribution in [2.45, 2.75) is 39.7 Å². The molecule has 0 aliphatic carbocycles. The smallest absolute Gasteiger partial charge is 0.135 e. The van der Waals surface area contributed by atoms with Crippen molar-refractivity contribution in [2.75, 3.05) is 0 Å². The van der Waals surface area contributed by atoms with Crippen LogP contribution in [0.5, 0.6) is 0 Å². The number of rotatable bonds is 4. The molecule has 0 aromatic carbocycles. The van der Waals surface area contributed by atoms with Gasteiger partial charge in [0.05, 0.1) is 6.10 Å². The molecule has 0 aromatic heterocycles. The van der Waals surface area contributed by atoms with Crippen molar-refractivity contribution in [3.63, 3.8) is 0 Å². The molecule has 0 rings (SSSR count). The lowest BCUT2D eigenvalue weighted by atomic mass is 10.0. The highest BCUT2D eigenvalue weighted by molar-refractivity contribution is 5.80. The quantitative estimate of drug-likeness (QED) is 0.647. The second-order valence-corrected chi connectivity index (χ2v) is 3.01. The van der Waals surface area contributed by atoms with Crippen LogP contribution in [0, 0.1) is 5.92 Å². The fourth-order valence-electron chi connectivity index (χ4n) is 0.640. The van der Waals surface area contributed by atoms with Gasteiger partial charge in [0.15, 0.2) is 0 Å². The second kappa shape index (κ2) is 4.45. The fourth-order valence-corrected chi connectivity index (χ4v) is 0.640. The van der Waals surface area contributed by atoms with Crippen LogP contribution in [-0.2, 0) is 4.79 Å². The first-order valence-corrected chi connectivity index (χ1v) is 3.74. The molecule has 2 heteroatoms. The van der Waals surface area contributed by atoms with E-state index in [0.717, 1.165) is 0 Å². The van der Waals surface area contributed by atoms with Gasteiger partial charge in [-0.2, -0.15) is 0 Å². The molecular formula is C8H16O2. The third kappa shape index (κ3) is 4.50. The Bertz CT molecular complexity index is 106. The van der Waals surface area contributed by atoms with Crippen LogP contribution in [0.25, 0.3) is 0 Å². The van der Waals surface area contributed by atoms with Crippen LogP contribution in [-0.4, -0.2) is 17.0 Å². The lowest BCUT2D eigenvalue weighted by Crippen LogP contribution is -2.10. The summed E-state index contributed by atoms with van der Waals surface area (Å²) in [6.45, 7) is 5.46. The number of hydrogen-bond donors (Lipinski definition) is 1. The molecule has 0 fully saturated rings. The van der Waals surface area contributed by atoms with Crippen molar-refractivity contribution in [2.24, 2.45) is 5.92 Å². The van der Waals surface area contributed by atoms with Gasteiger partial charge < -0.3 is 5.11 Å². The Kier molecular flexibility index (Phi) is 4.28. The fraction of sp³-hybridized carbons (Fsp3) is 0.875. The first-order chi connectivity index (χ1) is 4.54. The predicted octanol–water partition coefficient (Wildman–Crippen LogP) is 1.37. The summed E-state index contributed by atoms with van der Waals surface area (Å²) in [7, 11) is 0. The maximum atomic E-state index is 10.9. The number of carbonyl (C=O) groups excluding carboxylic acids is 1. The van der Waals surface area contributed by atoms with Crippen LogP contribution in [0.3, 0.4) is 0 Å². The van der Waals surface area contributed by atoms with Crippen molar-refractivity contribution >= 4 is 5.78 Å². The van der Waals surface area contributed by atoms with Crippen LogP contribution >= 0.6 is 0 Å². The molecule has 0 aliphatic rings. The van der Waals surface area contributed by atoms with Crippen molar-refractivity contribution in [1.82, 2.24) is 0 Å². The van der Waals surface area contributed by atoms with E-state index in [1.54, 1.807) is 6.92 Å². The molecule has 0 saturated carbocycles. The van der Waals surface area contributed by atoms with Gasteiger partial charge in [-0.15, -0.1) is 0 Å². The van der Waals surface area contributed by atoms with E-state index in [2.05, 4.69) is 0 Å². The SMILES string of the molecule is CC(C)C(=O)CC[C@H](C)O. The zero-order valence-corrected chi connectivity index (χ0v) is 6.92. The molecule has 0 heterocycles. The Balaban J connectivity index is 3.40. The summed E-state index contributed by atoms with van der Waals surface area (Å²) in [6, 6.07) is 0. The highest BCUT2D eigenvalue weighted by atomic mass is 16.3. The van der Waals surface area contributed by atoms with E-state index in [-0.39, 0.29) is 17.8 Å². The van der Waals surface area contributed by atoms with Crippen LogP contribution in [0.15, 0.2) is 0 Å². The van der Waals surface area contributed by atoms with E-state index in [0.29, 0.717) is 12.8 Å². The summed E-state index contributed by atoms with van der Waals surface area (Å²) in [4.78, 5) is 10.9. The number of aliphatic hydroxyl groups excluding tert-OH is 1. The molecule has 0 radical (unpaired) electrons. The van der Waals surface area contributed by atoms with Gasteiger partial charge >= 0.3 is 0 Å². The van der Waals surface area contributed by atoms with E-state index in [4.69, 9.17) is 5.11 Å². The van der Waals surface area contributed by atoms with Gasteiger partial charge in [-0.25, -0.2) is 0 Å². The van der Waals surface area contributed by atoms with E-state index in [9.17, 15) is 4.79 Å². The molecule has 0 aromatic rings. The van der Waals surface area contributed by atoms with Crippen molar-refractivity contribution in [1.29, 1.82) is 0 Å². The Morgan fingerprint density at radius 2 is 1.90 bits per heavy atom. The first kappa shape index (κ1) is 9.63. The third-order valence-corrected chi connectivity index (χ3v) is 1.45. The summed E-state index contributed by atoms with van der Waals surface area (Å²) < 4.78 is 0. The summed E-state index contributed by atoms with van der Waals surface area (Å²) in [5, 5.41) is 8.83. The zero-order valence-electron chi connectivity index (χ0n) is 6.92. The summed E-state index contributed by atoms with van der Waals surface area (Å²) in [5.41, 5.74) is 0.